The molecule has 4 nitrogen and oxygen atoms in total. The van der Waals surface area contributed by atoms with Crippen LogP contribution in [0.4, 0.5) is 0 Å². The fraction of sp³-hybridized carbons (Fsp3) is 0.769. The van der Waals surface area contributed by atoms with Crippen molar-refractivity contribution >= 4 is 5.97 Å². The summed E-state index contributed by atoms with van der Waals surface area (Å²) in [4.78, 5) is 10.8. The summed E-state index contributed by atoms with van der Waals surface area (Å²) in [6, 6.07) is 0. The SMILES string of the molecule is C#CCCCNCC1(O)CCC(C(=O)O)CC1. The molecule has 0 saturated heterocycles. The van der Waals surface area contributed by atoms with E-state index in [9.17, 15) is 9.90 Å². The van der Waals surface area contributed by atoms with E-state index in [1.165, 1.54) is 0 Å². The molecule has 0 aromatic heterocycles. The molecule has 0 atom stereocenters. The van der Waals surface area contributed by atoms with E-state index in [0.717, 1.165) is 19.4 Å². The summed E-state index contributed by atoms with van der Waals surface area (Å²) in [6.45, 7) is 1.33. The van der Waals surface area contributed by atoms with Crippen LogP contribution in [0.2, 0.25) is 0 Å². The predicted octanol–water partition coefficient (Wildman–Crippen LogP) is 0.995. The fourth-order valence-corrected chi connectivity index (χ4v) is 2.22. The number of nitrogens with one attached hydrogen (secondary N) is 1. The Kier molecular flexibility index (Phi) is 5.46. The fourth-order valence-electron chi connectivity index (χ4n) is 2.22. The molecule has 96 valence electrons. The number of unbranched alkanes of at least 4 members (excludes halogenated alkanes) is 1. The van der Waals surface area contributed by atoms with Crippen molar-refractivity contribution < 1.29 is 15.0 Å². The average Bonchev–Trinajstić information content (AvgIpc) is 2.29. The summed E-state index contributed by atoms with van der Waals surface area (Å²) in [5, 5.41) is 22.3. The van der Waals surface area contributed by atoms with Crippen molar-refractivity contribution in [2.45, 2.75) is 44.1 Å². The molecule has 1 aliphatic carbocycles. The van der Waals surface area contributed by atoms with E-state index >= 15 is 0 Å². The normalized spacial score (nSPS) is 28.6. The van der Waals surface area contributed by atoms with Gasteiger partial charge in [0.15, 0.2) is 0 Å². The lowest BCUT2D eigenvalue weighted by molar-refractivity contribution is -0.144. The quantitative estimate of drug-likeness (QED) is 0.477. The molecule has 0 aromatic carbocycles. The molecular weight excluding hydrogens is 218 g/mol. The molecule has 0 unspecified atom stereocenters. The average molecular weight is 239 g/mol. The van der Waals surface area contributed by atoms with E-state index < -0.39 is 11.6 Å². The third kappa shape index (κ3) is 4.76. The Morgan fingerprint density at radius 1 is 1.47 bits per heavy atom. The minimum absolute atomic E-state index is 0.281. The first-order chi connectivity index (χ1) is 8.07. The van der Waals surface area contributed by atoms with Crippen molar-refractivity contribution in [3.05, 3.63) is 0 Å². The maximum absolute atomic E-state index is 10.8. The molecule has 0 bridgehead atoms. The number of terminal acetylenes is 1. The Labute approximate surface area is 102 Å². The second-order valence-corrected chi connectivity index (χ2v) is 4.82. The van der Waals surface area contributed by atoms with Gasteiger partial charge in [-0.1, -0.05) is 0 Å². The Hall–Kier alpha value is -1.05. The number of hydrogen-bond acceptors (Lipinski definition) is 3. The van der Waals surface area contributed by atoms with Crippen molar-refractivity contribution in [1.82, 2.24) is 5.32 Å². The standard InChI is InChI=1S/C13H21NO3/c1-2-3-4-9-14-10-13(17)7-5-11(6-8-13)12(15)16/h1,11,14,17H,3-10H2,(H,15,16). The monoisotopic (exact) mass is 239 g/mol. The van der Waals surface area contributed by atoms with Crippen LogP contribution in [0.3, 0.4) is 0 Å². The van der Waals surface area contributed by atoms with Gasteiger partial charge in [-0.05, 0) is 38.6 Å². The molecule has 0 radical (unpaired) electrons. The second kappa shape index (κ2) is 6.63. The summed E-state index contributed by atoms with van der Waals surface area (Å²) in [7, 11) is 0. The topological polar surface area (TPSA) is 69.6 Å². The number of aliphatic carboxylic acids is 1. The number of hydrogen-bond donors (Lipinski definition) is 3. The van der Waals surface area contributed by atoms with E-state index in [-0.39, 0.29) is 5.92 Å². The summed E-state index contributed by atoms with van der Waals surface area (Å²) in [5.74, 6) is 1.54. The first kappa shape index (κ1) is 14.0. The van der Waals surface area contributed by atoms with Crippen LogP contribution in [-0.2, 0) is 4.79 Å². The van der Waals surface area contributed by atoms with Gasteiger partial charge < -0.3 is 15.5 Å². The Balaban J connectivity index is 2.21. The van der Waals surface area contributed by atoms with Crippen molar-refractivity contribution in [3.63, 3.8) is 0 Å². The molecule has 17 heavy (non-hydrogen) atoms. The van der Waals surface area contributed by atoms with Gasteiger partial charge in [-0.25, -0.2) is 0 Å². The maximum atomic E-state index is 10.8. The molecule has 1 saturated carbocycles. The molecule has 1 fully saturated rings. The highest BCUT2D eigenvalue weighted by molar-refractivity contribution is 5.70. The van der Waals surface area contributed by atoms with Crippen molar-refractivity contribution in [2.24, 2.45) is 5.92 Å². The van der Waals surface area contributed by atoms with Crippen LogP contribution >= 0.6 is 0 Å². The zero-order valence-corrected chi connectivity index (χ0v) is 10.1. The predicted molar refractivity (Wildman–Crippen MR) is 65.5 cm³/mol. The minimum atomic E-state index is -0.742. The number of carbonyl (C=O) groups is 1. The minimum Gasteiger partial charge on any atom is -0.481 e. The molecule has 1 rings (SSSR count). The molecule has 4 heteroatoms. The Bertz CT molecular complexity index is 288. The van der Waals surface area contributed by atoms with Gasteiger partial charge in [0.2, 0.25) is 0 Å². The van der Waals surface area contributed by atoms with Crippen molar-refractivity contribution in [1.29, 1.82) is 0 Å². The third-order valence-corrected chi connectivity index (χ3v) is 3.39. The van der Waals surface area contributed by atoms with Gasteiger partial charge in [0.05, 0.1) is 11.5 Å². The number of aliphatic hydroxyl groups is 1. The van der Waals surface area contributed by atoms with Crippen molar-refractivity contribution in [2.75, 3.05) is 13.1 Å². The largest absolute Gasteiger partial charge is 0.481 e. The lowest BCUT2D eigenvalue weighted by atomic mass is 9.79. The molecule has 3 N–H and O–H groups in total. The highest BCUT2D eigenvalue weighted by Gasteiger charge is 2.35. The Morgan fingerprint density at radius 2 is 2.12 bits per heavy atom. The van der Waals surface area contributed by atoms with Gasteiger partial charge in [-0.2, -0.15) is 0 Å². The summed E-state index contributed by atoms with van der Waals surface area (Å²) in [5.41, 5.74) is -0.734. The van der Waals surface area contributed by atoms with Gasteiger partial charge in [-0.3, -0.25) is 4.79 Å². The molecule has 0 spiro atoms. The molecule has 0 aromatic rings. The van der Waals surface area contributed by atoms with Gasteiger partial charge >= 0.3 is 5.97 Å². The van der Waals surface area contributed by atoms with Gasteiger partial charge in [0, 0.05) is 13.0 Å². The highest BCUT2D eigenvalue weighted by Crippen LogP contribution is 2.31. The van der Waals surface area contributed by atoms with Crippen molar-refractivity contribution in [3.8, 4) is 12.3 Å². The molecule has 0 aliphatic heterocycles. The van der Waals surface area contributed by atoms with E-state index in [1.54, 1.807) is 0 Å². The van der Waals surface area contributed by atoms with Gasteiger partial charge in [-0.15, -0.1) is 12.3 Å². The Morgan fingerprint density at radius 3 is 2.65 bits per heavy atom. The number of rotatable bonds is 6. The van der Waals surface area contributed by atoms with E-state index in [1.807, 2.05) is 0 Å². The third-order valence-electron chi connectivity index (χ3n) is 3.39. The van der Waals surface area contributed by atoms with E-state index in [0.29, 0.717) is 32.2 Å². The first-order valence-electron chi connectivity index (χ1n) is 6.17. The van der Waals surface area contributed by atoms with Gasteiger partial charge in [0.25, 0.3) is 0 Å². The van der Waals surface area contributed by atoms with Crippen LogP contribution in [0.25, 0.3) is 0 Å². The van der Waals surface area contributed by atoms with E-state index in [2.05, 4.69) is 11.2 Å². The van der Waals surface area contributed by atoms with Crippen LogP contribution < -0.4 is 5.32 Å². The molecule has 0 amide bonds. The van der Waals surface area contributed by atoms with Crippen LogP contribution in [0, 0.1) is 18.3 Å². The second-order valence-electron chi connectivity index (χ2n) is 4.82. The first-order valence-corrected chi connectivity index (χ1v) is 6.17. The van der Waals surface area contributed by atoms with E-state index in [4.69, 9.17) is 11.5 Å². The van der Waals surface area contributed by atoms with Crippen LogP contribution in [-0.4, -0.2) is 34.9 Å². The molecule has 1 aliphatic rings. The summed E-state index contributed by atoms with van der Waals surface area (Å²) in [6.07, 6.45) is 9.05. The zero-order valence-electron chi connectivity index (χ0n) is 10.1. The molecule has 0 heterocycles. The summed E-state index contributed by atoms with van der Waals surface area (Å²) < 4.78 is 0. The number of carboxylic acids is 1. The molecular formula is C13H21NO3. The van der Waals surface area contributed by atoms with Crippen LogP contribution in [0.5, 0.6) is 0 Å². The van der Waals surface area contributed by atoms with Crippen LogP contribution in [0.1, 0.15) is 38.5 Å². The number of carboxylic acid groups (broad SMARTS) is 1. The highest BCUT2D eigenvalue weighted by atomic mass is 16.4. The smallest absolute Gasteiger partial charge is 0.306 e. The van der Waals surface area contributed by atoms with Crippen LogP contribution in [0.15, 0.2) is 0 Å². The lowest BCUT2D eigenvalue weighted by Crippen LogP contribution is -2.44. The maximum Gasteiger partial charge on any atom is 0.306 e. The van der Waals surface area contributed by atoms with Gasteiger partial charge in [0.1, 0.15) is 0 Å². The zero-order chi connectivity index (χ0) is 12.7. The lowest BCUT2D eigenvalue weighted by Gasteiger charge is -2.34. The summed E-state index contributed by atoms with van der Waals surface area (Å²) >= 11 is 0.